The fourth-order valence-corrected chi connectivity index (χ4v) is 5.71. The molecule has 2 N–H and O–H groups in total. The van der Waals surface area contributed by atoms with Gasteiger partial charge in [0.25, 0.3) is 0 Å². The number of benzene rings is 1. The van der Waals surface area contributed by atoms with Crippen LogP contribution in [0.5, 0.6) is 0 Å². The van der Waals surface area contributed by atoms with E-state index < -0.39 is 0 Å². The monoisotopic (exact) mass is 315 g/mol. The number of fused-ring (bicyclic) bond motifs is 8. The van der Waals surface area contributed by atoms with Crippen molar-refractivity contribution < 1.29 is 4.79 Å². The quantitative estimate of drug-likeness (QED) is 0.618. The van der Waals surface area contributed by atoms with Crippen molar-refractivity contribution in [3.05, 3.63) is 76.4 Å². The van der Waals surface area contributed by atoms with Crippen molar-refractivity contribution >= 4 is 11.5 Å². The minimum absolute atomic E-state index is 0.277. The zero-order valence-electron chi connectivity index (χ0n) is 13.9. The van der Waals surface area contributed by atoms with Gasteiger partial charge in [0, 0.05) is 6.08 Å². The summed E-state index contributed by atoms with van der Waals surface area (Å²) in [6.07, 6.45) is 14.0. The topological polar surface area (TPSA) is 43.1 Å². The molecule has 4 aliphatic carbocycles. The largest absolute Gasteiger partial charge is 0.366 e. The summed E-state index contributed by atoms with van der Waals surface area (Å²) in [5.41, 5.74) is 13.6. The molecule has 1 amide bonds. The molecule has 4 aliphatic rings. The lowest BCUT2D eigenvalue weighted by atomic mass is 9.66. The number of allylic oxidation sites excluding steroid dienone is 7. The van der Waals surface area contributed by atoms with Crippen LogP contribution < -0.4 is 5.73 Å². The van der Waals surface area contributed by atoms with Crippen LogP contribution in [0.15, 0.2) is 59.7 Å². The average Bonchev–Trinajstić information content (AvgIpc) is 3.22. The third-order valence-corrected chi connectivity index (χ3v) is 6.42. The smallest absolute Gasteiger partial charge is 0.241 e. The maximum absolute atomic E-state index is 11.7. The number of aryl methyl sites for hydroxylation is 1. The highest BCUT2D eigenvalue weighted by atomic mass is 16.1. The van der Waals surface area contributed by atoms with Crippen LogP contribution in [0.25, 0.3) is 5.57 Å². The normalized spacial score (nSPS) is 33.6. The second-order valence-corrected chi connectivity index (χ2v) is 7.56. The van der Waals surface area contributed by atoms with Crippen LogP contribution in [0.2, 0.25) is 0 Å². The van der Waals surface area contributed by atoms with E-state index in [0.717, 1.165) is 5.57 Å². The standard InChI is InChI=1S/C22H21NO/c1-13-5-4-7-17-19(13)20-14-8-9-15(11-14)21(20)22(17)10-3-2-6-16(22)12-18(23)24/h2-7,10,12,14-15H,8-9,11H2,1H3,(H2,23,24)/b16-12+/t14-,15+,22+/m0/s1. The zero-order chi connectivity index (χ0) is 16.5. The molecule has 24 heavy (non-hydrogen) atoms. The maximum atomic E-state index is 11.7. The first-order valence-corrected chi connectivity index (χ1v) is 8.85. The Morgan fingerprint density at radius 2 is 2.08 bits per heavy atom. The Morgan fingerprint density at radius 1 is 1.25 bits per heavy atom. The van der Waals surface area contributed by atoms with E-state index in [1.807, 2.05) is 6.08 Å². The predicted octanol–water partition coefficient (Wildman–Crippen LogP) is 3.97. The molecule has 1 fully saturated rings. The van der Waals surface area contributed by atoms with Crippen LogP contribution in [-0.2, 0) is 10.2 Å². The molecular formula is C22H21NO. The molecule has 1 spiro atoms. The summed E-state index contributed by atoms with van der Waals surface area (Å²) in [7, 11) is 0. The molecule has 120 valence electrons. The minimum atomic E-state index is -0.365. The van der Waals surface area contributed by atoms with Crippen molar-refractivity contribution in [1.82, 2.24) is 0 Å². The minimum Gasteiger partial charge on any atom is -0.366 e. The van der Waals surface area contributed by atoms with Crippen LogP contribution in [-0.4, -0.2) is 5.91 Å². The number of hydrogen-bond acceptors (Lipinski definition) is 1. The molecule has 0 aromatic heterocycles. The lowest BCUT2D eigenvalue weighted by Gasteiger charge is -2.36. The molecule has 2 heteroatoms. The molecule has 5 rings (SSSR count). The molecule has 0 heterocycles. The van der Waals surface area contributed by atoms with Gasteiger partial charge in [-0.05, 0) is 71.4 Å². The van der Waals surface area contributed by atoms with Gasteiger partial charge in [0.2, 0.25) is 5.91 Å². The number of amides is 1. The fraction of sp³-hybridized carbons (Fsp3) is 0.318. The van der Waals surface area contributed by atoms with Crippen molar-refractivity contribution in [3.8, 4) is 0 Å². The first-order chi connectivity index (χ1) is 11.6. The molecule has 1 aromatic carbocycles. The average molecular weight is 315 g/mol. The van der Waals surface area contributed by atoms with Crippen molar-refractivity contribution in [2.75, 3.05) is 0 Å². The summed E-state index contributed by atoms with van der Waals surface area (Å²) in [5, 5.41) is 0. The van der Waals surface area contributed by atoms with E-state index in [-0.39, 0.29) is 11.3 Å². The molecule has 0 radical (unpaired) electrons. The molecule has 3 atom stereocenters. The third-order valence-electron chi connectivity index (χ3n) is 6.42. The highest BCUT2D eigenvalue weighted by Gasteiger charge is 2.55. The lowest BCUT2D eigenvalue weighted by Crippen LogP contribution is -2.31. The van der Waals surface area contributed by atoms with Gasteiger partial charge in [-0.15, -0.1) is 0 Å². The Bertz CT molecular complexity index is 899. The van der Waals surface area contributed by atoms with Gasteiger partial charge < -0.3 is 5.73 Å². The van der Waals surface area contributed by atoms with E-state index in [4.69, 9.17) is 5.73 Å². The second-order valence-electron chi connectivity index (χ2n) is 7.56. The molecule has 1 aromatic rings. The molecule has 0 saturated heterocycles. The first-order valence-electron chi connectivity index (χ1n) is 8.85. The van der Waals surface area contributed by atoms with E-state index in [2.05, 4.69) is 43.4 Å². The van der Waals surface area contributed by atoms with E-state index in [0.29, 0.717) is 11.8 Å². The molecule has 0 aliphatic heterocycles. The van der Waals surface area contributed by atoms with Gasteiger partial charge in [0.1, 0.15) is 0 Å². The van der Waals surface area contributed by atoms with Crippen LogP contribution in [0, 0.1) is 18.8 Å². The van der Waals surface area contributed by atoms with Crippen molar-refractivity contribution in [2.45, 2.75) is 31.6 Å². The second kappa shape index (κ2) is 4.60. The van der Waals surface area contributed by atoms with Crippen molar-refractivity contribution in [2.24, 2.45) is 17.6 Å². The van der Waals surface area contributed by atoms with Gasteiger partial charge in [0.15, 0.2) is 0 Å². The Hall–Kier alpha value is -2.35. The Balaban J connectivity index is 1.88. The van der Waals surface area contributed by atoms with Crippen LogP contribution in [0.1, 0.15) is 36.0 Å². The number of carbonyl (C=O) groups is 1. The van der Waals surface area contributed by atoms with Crippen LogP contribution in [0.3, 0.4) is 0 Å². The number of hydrogen-bond donors (Lipinski definition) is 1. The van der Waals surface area contributed by atoms with E-state index >= 15 is 0 Å². The van der Waals surface area contributed by atoms with E-state index in [1.165, 1.54) is 36.0 Å². The predicted molar refractivity (Wildman–Crippen MR) is 96.2 cm³/mol. The third kappa shape index (κ3) is 1.54. The molecule has 0 unspecified atom stereocenters. The SMILES string of the molecule is Cc1cccc2c1C1=C([C@@H]3CC[C@H]1C3)[C@@]21C=CC=C/C1=C\C(N)=O. The highest BCUT2D eigenvalue weighted by molar-refractivity contribution is 5.93. The Kier molecular flexibility index (Phi) is 2.69. The lowest BCUT2D eigenvalue weighted by molar-refractivity contribution is -0.113. The van der Waals surface area contributed by atoms with Gasteiger partial charge in [-0.25, -0.2) is 0 Å². The molecule has 2 nitrogen and oxygen atoms in total. The van der Waals surface area contributed by atoms with Crippen molar-refractivity contribution in [3.63, 3.8) is 0 Å². The Labute approximate surface area is 142 Å². The summed E-state index contributed by atoms with van der Waals surface area (Å²) >= 11 is 0. The number of rotatable bonds is 1. The molecular weight excluding hydrogens is 294 g/mol. The maximum Gasteiger partial charge on any atom is 0.241 e. The molecule has 1 saturated carbocycles. The zero-order valence-corrected chi connectivity index (χ0v) is 13.9. The summed E-state index contributed by atoms with van der Waals surface area (Å²) in [5.74, 6) is 0.971. The first kappa shape index (κ1) is 14.0. The summed E-state index contributed by atoms with van der Waals surface area (Å²) < 4.78 is 0. The summed E-state index contributed by atoms with van der Waals surface area (Å²) in [6, 6.07) is 6.61. The van der Waals surface area contributed by atoms with E-state index in [9.17, 15) is 4.79 Å². The summed E-state index contributed by atoms with van der Waals surface area (Å²) in [4.78, 5) is 11.7. The molecule has 2 bridgehead atoms. The van der Waals surface area contributed by atoms with Gasteiger partial charge in [-0.1, -0.05) is 42.5 Å². The van der Waals surface area contributed by atoms with Crippen LogP contribution in [0.4, 0.5) is 0 Å². The number of primary amides is 1. The summed E-state index contributed by atoms with van der Waals surface area (Å²) in [6.45, 7) is 2.22. The Morgan fingerprint density at radius 3 is 2.92 bits per heavy atom. The highest BCUT2D eigenvalue weighted by Crippen LogP contribution is 2.66. The van der Waals surface area contributed by atoms with Gasteiger partial charge in [0.05, 0.1) is 5.41 Å². The fourth-order valence-electron chi connectivity index (χ4n) is 5.71. The van der Waals surface area contributed by atoms with Gasteiger partial charge >= 0.3 is 0 Å². The van der Waals surface area contributed by atoms with Gasteiger partial charge in [-0.2, -0.15) is 0 Å². The van der Waals surface area contributed by atoms with E-state index in [1.54, 1.807) is 17.2 Å². The van der Waals surface area contributed by atoms with Gasteiger partial charge in [-0.3, -0.25) is 4.79 Å². The number of carbonyl (C=O) groups excluding carboxylic acids is 1. The van der Waals surface area contributed by atoms with Crippen LogP contribution >= 0.6 is 0 Å². The number of nitrogens with two attached hydrogens (primary N) is 1. The van der Waals surface area contributed by atoms with Crippen molar-refractivity contribution in [1.29, 1.82) is 0 Å².